The zero-order valence-corrected chi connectivity index (χ0v) is 16.1. The summed E-state index contributed by atoms with van der Waals surface area (Å²) in [4.78, 5) is 12.2. The van der Waals surface area contributed by atoms with E-state index < -0.39 is 0 Å². The van der Waals surface area contributed by atoms with Crippen LogP contribution in [0.2, 0.25) is 0 Å². The molecule has 1 aliphatic rings. The summed E-state index contributed by atoms with van der Waals surface area (Å²) in [5.41, 5.74) is 3.65. The van der Waals surface area contributed by atoms with Gasteiger partial charge in [-0.2, -0.15) is 5.10 Å². The lowest BCUT2D eigenvalue weighted by atomic mass is 9.93. The molecule has 1 aromatic heterocycles. The van der Waals surface area contributed by atoms with Gasteiger partial charge in [0.2, 0.25) is 0 Å². The largest absolute Gasteiger partial charge is 0.385 e. The van der Waals surface area contributed by atoms with Crippen molar-refractivity contribution in [1.82, 2.24) is 20.4 Å². The zero-order chi connectivity index (χ0) is 18.9. The minimum atomic E-state index is -0.0876. The molecule has 0 fully saturated rings. The van der Waals surface area contributed by atoms with Crippen molar-refractivity contribution in [2.45, 2.75) is 51.1 Å². The molecule has 6 nitrogen and oxygen atoms in total. The average Bonchev–Trinajstić information content (AvgIpc) is 3.09. The molecule has 146 valence electrons. The van der Waals surface area contributed by atoms with Crippen molar-refractivity contribution in [2.75, 3.05) is 20.3 Å². The number of fused-ring (bicyclic) bond motifs is 1. The highest BCUT2D eigenvalue weighted by molar-refractivity contribution is 5.74. The maximum Gasteiger partial charge on any atom is 0.315 e. The number of hydrogen-bond acceptors (Lipinski definition) is 3. The standard InChI is InChI=1S/C21H30N4O2/c1-27-14-7-3-6-13-22-21(26)24-19-11-8-12-20-18(19)15-23-25(20)16-17-9-4-2-5-10-17/h2,4-5,9-10,15,19H,3,6-8,11-14,16H2,1H3,(H2,22,24,26). The fourth-order valence-electron chi connectivity index (χ4n) is 3.62. The third-order valence-corrected chi connectivity index (χ3v) is 5.05. The second-order valence-corrected chi connectivity index (χ2v) is 7.09. The third kappa shape index (κ3) is 5.57. The van der Waals surface area contributed by atoms with Crippen LogP contribution < -0.4 is 10.6 Å². The first kappa shape index (κ1) is 19.4. The average molecular weight is 370 g/mol. The Morgan fingerprint density at radius 2 is 2.11 bits per heavy atom. The van der Waals surface area contributed by atoms with Gasteiger partial charge in [-0.1, -0.05) is 30.3 Å². The van der Waals surface area contributed by atoms with Gasteiger partial charge in [0.25, 0.3) is 0 Å². The van der Waals surface area contributed by atoms with Crippen molar-refractivity contribution >= 4 is 6.03 Å². The van der Waals surface area contributed by atoms with Crippen LogP contribution in [0.1, 0.15) is 55.0 Å². The number of hydrogen-bond donors (Lipinski definition) is 2. The van der Waals surface area contributed by atoms with Crippen molar-refractivity contribution in [3.8, 4) is 0 Å². The topological polar surface area (TPSA) is 68.2 Å². The Labute approximate surface area is 161 Å². The van der Waals surface area contributed by atoms with Gasteiger partial charge in [-0.3, -0.25) is 4.68 Å². The number of rotatable bonds is 9. The van der Waals surface area contributed by atoms with Crippen molar-refractivity contribution < 1.29 is 9.53 Å². The Morgan fingerprint density at radius 3 is 2.93 bits per heavy atom. The number of carbonyl (C=O) groups is 1. The minimum Gasteiger partial charge on any atom is -0.385 e. The lowest BCUT2D eigenvalue weighted by Crippen LogP contribution is -2.39. The van der Waals surface area contributed by atoms with Gasteiger partial charge in [-0.05, 0) is 44.1 Å². The Hall–Kier alpha value is -2.34. The highest BCUT2D eigenvalue weighted by atomic mass is 16.5. The predicted molar refractivity (Wildman–Crippen MR) is 106 cm³/mol. The van der Waals surface area contributed by atoms with Crippen molar-refractivity contribution in [3.05, 3.63) is 53.3 Å². The Balaban J connectivity index is 1.51. The molecule has 2 aromatic rings. The highest BCUT2D eigenvalue weighted by Gasteiger charge is 2.25. The van der Waals surface area contributed by atoms with E-state index in [1.54, 1.807) is 7.11 Å². The summed E-state index contributed by atoms with van der Waals surface area (Å²) in [7, 11) is 1.71. The fraction of sp³-hybridized carbons (Fsp3) is 0.524. The normalized spacial score (nSPS) is 16.0. The highest BCUT2D eigenvalue weighted by Crippen LogP contribution is 2.29. The molecule has 1 aliphatic carbocycles. The van der Waals surface area contributed by atoms with Gasteiger partial charge in [-0.15, -0.1) is 0 Å². The number of ether oxygens (including phenoxy) is 1. The van der Waals surface area contributed by atoms with Crippen LogP contribution in [-0.2, 0) is 17.7 Å². The molecular weight excluding hydrogens is 340 g/mol. The second kappa shape index (κ2) is 10.1. The number of unbranched alkanes of at least 4 members (excludes halogenated alkanes) is 2. The van der Waals surface area contributed by atoms with E-state index in [-0.39, 0.29) is 12.1 Å². The van der Waals surface area contributed by atoms with Gasteiger partial charge < -0.3 is 15.4 Å². The fourth-order valence-corrected chi connectivity index (χ4v) is 3.62. The molecule has 0 radical (unpaired) electrons. The van der Waals surface area contributed by atoms with Gasteiger partial charge in [-0.25, -0.2) is 4.79 Å². The predicted octanol–water partition coefficient (Wildman–Crippen LogP) is 3.42. The molecule has 2 amide bonds. The van der Waals surface area contributed by atoms with E-state index in [9.17, 15) is 4.79 Å². The quantitative estimate of drug-likeness (QED) is 0.665. The van der Waals surface area contributed by atoms with E-state index >= 15 is 0 Å². The smallest absolute Gasteiger partial charge is 0.315 e. The summed E-state index contributed by atoms with van der Waals surface area (Å²) in [5.74, 6) is 0. The summed E-state index contributed by atoms with van der Waals surface area (Å²) in [6, 6.07) is 10.3. The van der Waals surface area contributed by atoms with Gasteiger partial charge >= 0.3 is 6.03 Å². The first-order chi connectivity index (χ1) is 13.3. The van der Waals surface area contributed by atoms with E-state index in [1.807, 2.05) is 12.3 Å². The van der Waals surface area contributed by atoms with Crippen LogP contribution in [0.3, 0.4) is 0 Å². The number of nitrogens with one attached hydrogen (secondary N) is 2. The van der Waals surface area contributed by atoms with Crippen molar-refractivity contribution in [1.29, 1.82) is 0 Å². The van der Waals surface area contributed by atoms with Gasteiger partial charge in [0.15, 0.2) is 0 Å². The third-order valence-electron chi connectivity index (χ3n) is 5.05. The maximum absolute atomic E-state index is 12.2. The molecule has 1 heterocycles. The molecule has 2 N–H and O–H groups in total. The van der Waals surface area contributed by atoms with E-state index in [0.29, 0.717) is 6.54 Å². The van der Waals surface area contributed by atoms with Crippen molar-refractivity contribution in [2.24, 2.45) is 0 Å². The second-order valence-electron chi connectivity index (χ2n) is 7.09. The molecule has 0 aliphatic heterocycles. The summed E-state index contributed by atoms with van der Waals surface area (Å²) in [6.45, 7) is 2.25. The summed E-state index contributed by atoms with van der Waals surface area (Å²) >= 11 is 0. The molecule has 0 saturated carbocycles. The zero-order valence-electron chi connectivity index (χ0n) is 16.1. The van der Waals surface area contributed by atoms with Crippen LogP contribution in [0.15, 0.2) is 36.5 Å². The number of amides is 2. The molecule has 0 spiro atoms. The van der Waals surface area contributed by atoms with Gasteiger partial charge in [0.1, 0.15) is 0 Å². The molecule has 1 unspecified atom stereocenters. The Kier molecular flexibility index (Phi) is 7.27. The number of nitrogens with zero attached hydrogens (tertiary/aromatic N) is 2. The van der Waals surface area contributed by atoms with Crippen LogP contribution in [0.5, 0.6) is 0 Å². The molecule has 3 rings (SSSR count). The van der Waals surface area contributed by atoms with E-state index in [1.165, 1.54) is 11.3 Å². The van der Waals surface area contributed by atoms with E-state index in [0.717, 1.165) is 57.2 Å². The summed E-state index contributed by atoms with van der Waals surface area (Å²) in [5, 5.41) is 10.7. The number of carbonyl (C=O) groups excluding carboxylic acids is 1. The molecule has 1 aromatic carbocycles. The van der Waals surface area contributed by atoms with E-state index in [4.69, 9.17) is 4.74 Å². The Morgan fingerprint density at radius 1 is 1.26 bits per heavy atom. The monoisotopic (exact) mass is 370 g/mol. The molecule has 6 heteroatoms. The summed E-state index contributed by atoms with van der Waals surface area (Å²) in [6.07, 6.45) is 8.04. The molecule has 0 bridgehead atoms. The lowest BCUT2D eigenvalue weighted by molar-refractivity contribution is 0.192. The molecule has 27 heavy (non-hydrogen) atoms. The number of benzene rings is 1. The molecule has 1 atom stereocenters. The van der Waals surface area contributed by atoms with Crippen molar-refractivity contribution in [3.63, 3.8) is 0 Å². The maximum atomic E-state index is 12.2. The Bertz CT molecular complexity index is 714. The minimum absolute atomic E-state index is 0.0479. The van der Waals surface area contributed by atoms with E-state index in [2.05, 4.69) is 44.7 Å². The number of methoxy groups -OCH3 is 1. The van der Waals surface area contributed by atoms with Crippen LogP contribution in [0, 0.1) is 0 Å². The molecule has 0 saturated heterocycles. The van der Waals surface area contributed by atoms with Crippen LogP contribution in [-0.4, -0.2) is 36.1 Å². The lowest BCUT2D eigenvalue weighted by Gasteiger charge is -2.24. The van der Waals surface area contributed by atoms with Gasteiger partial charge in [0.05, 0.1) is 18.8 Å². The number of aromatic nitrogens is 2. The van der Waals surface area contributed by atoms with Crippen LogP contribution in [0.4, 0.5) is 4.79 Å². The molecular formula is C21H30N4O2. The SMILES string of the molecule is COCCCCCNC(=O)NC1CCCc2c1cnn2Cc1ccccc1. The van der Waals surface area contributed by atoms with Crippen LogP contribution >= 0.6 is 0 Å². The first-order valence-electron chi connectivity index (χ1n) is 9.89. The first-order valence-corrected chi connectivity index (χ1v) is 9.89. The van der Waals surface area contributed by atoms with Crippen LogP contribution in [0.25, 0.3) is 0 Å². The summed E-state index contributed by atoms with van der Waals surface area (Å²) < 4.78 is 7.11. The van der Waals surface area contributed by atoms with Gasteiger partial charge in [0, 0.05) is 31.5 Å². The number of urea groups is 1.